The third-order valence-corrected chi connectivity index (χ3v) is 4.01. The van der Waals surface area contributed by atoms with Crippen molar-refractivity contribution in [3.63, 3.8) is 0 Å². The molecule has 1 aromatic heterocycles. The number of halogens is 3. The average Bonchev–Trinajstić information content (AvgIpc) is 3.08. The van der Waals surface area contributed by atoms with E-state index in [-0.39, 0.29) is 5.56 Å². The Balaban J connectivity index is 1.87. The van der Waals surface area contributed by atoms with Crippen LogP contribution < -0.4 is 0 Å². The van der Waals surface area contributed by atoms with E-state index in [9.17, 15) is 13.2 Å². The van der Waals surface area contributed by atoms with Gasteiger partial charge < -0.3 is 0 Å². The SMILES string of the molecule is Cc1cc(C)cc(C(/C=C/c2ccc(-n3cncn3)cc2)C(F)(F)F)c1. The van der Waals surface area contributed by atoms with Crippen molar-refractivity contribution in [1.29, 1.82) is 0 Å². The fraction of sp³-hybridized carbons (Fsp3) is 0.200. The van der Waals surface area contributed by atoms with E-state index in [0.717, 1.165) is 16.8 Å². The molecule has 0 saturated carbocycles. The molecule has 0 amide bonds. The van der Waals surface area contributed by atoms with Gasteiger partial charge >= 0.3 is 6.18 Å². The Morgan fingerprint density at radius 1 is 1.00 bits per heavy atom. The van der Waals surface area contributed by atoms with Crippen LogP contribution in [0.4, 0.5) is 13.2 Å². The Kier molecular flexibility index (Phi) is 4.93. The summed E-state index contributed by atoms with van der Waals surface area (Å²) in [5.74, 6) is -1.64. The van der Waals surface area contributed by atoms with Crippen LogP contribution in [-0.2, 0) is 0 Å². The van der Waals surface area contributed by atoms with Crippen molar-refractivity contribution in [1.82, 2.24) is 14.8 Å². The number of alkyl halides is 3. The summed E-state index contributed by atoms with van der Waals surface area (Å²) in [7, 11) is 0. The van der Waals surface area contributed by atoms with E-state index in [1.165, 1.54) is 18.5 Å². The molecule has 3 aromatic rings. The lowest BCUT2D eigenvalue weighted by atomic mass is 9.94. The molecule has 1 atom stereocenters. The summed E-state index contributed by atoms with van der Waals surface area (Å²) in [4.78, 5) is 3.87. The van der Waals surface area contributed by atoms with Crippen molar-refractivity contribution in [2.75, 3.05) is 0 Å². The summed E-state index contributed by atoms with van der Waals surface area (Å²) in [6.45, 7) is 3.60. The Labute approximate surface area is 149 Å². The van der Waals surface area contributed by atoms with Crippen LogP contribution in [-0.4, -0.2) is 20.9 Å². The normalized spacial score (nSPS) is 13.3. The fourth-order valence-corrected chi connectivity index (χ4v) is 2.89. The monoisotopic (exact) mass is 357 g/mol. The molecule has 0 aliphatic rings. The van der Waals surface area contributed by atoms with Crippen LogP contribution in [0.5, 0.6) is 0 Å². The molecular weight excluding hydrogens is 339 g/mol. The van der Waals surface area contributed by atoms with Crippen molar-refractivity contribution < 1.29 is 13.2 Å². The molecule has 0 spiro atoms. The maximum Gasteiger partial charge on any atom is 0.399 e. The van der Waals surface area contributed by atoms with E-state index in [2.05, 4.69) is 10.1 Å². The number of hydrogen-bond donors (Lipinski definition) is 0. The highest BCUT2D eigenvalue weighted by Gasteiger charge is 2.38. The van der Waals surface area contributed by atoms with E-state index in [1.807, 2.05) is 6.07 Å². The second kappa shape index (κ2) is 7.15. The highest BCUT2D eigenvalue weighted by atomic mass is 19.4. The second-order valence-electron chi connectivity index (χ2n) is 6.23. The first kappa shape index (κ1) is 17.9. The van der Waals surface area contributed by atoms with Gasteiger partial charge in [-0.1, -0.05) is 53.6 Å². The largest absolute Gasteiger partial charge is 0.399 e. The van der Waals surface area contributed by atoms with Gasteiger partial charge in [-0.25, -0.2) is 9.67 Å². The predicted molar refractivity (Wildman–Crippen MR) is 95.1 cm³/mol. The van der Waals surface area contributed by atoms with Gasteiger partial charge in [-0.15, -0.1) is 0 Å². The van der Waals surface area contributed by atoms with Crippen LogP contribution in [0, 0.1) is 13.8 Å². The summed E-state index contributed by atoms with van der Waals surface area (Å²) in [5.41, 5.74) is 3.37. The lowest BCUT2D eigenvalue weighted by Gasteiger charge is -2.18. The van der Waals surface area contributed by atoms with Gasteiger partial charge in [-0.2, -0.15) is 18.3 Å². The number of aryl methyl sites for hydroxylation is 2. The molecule has 1 unspecified atom stereocenters. The Hall–Kier alpha value is -2.89. The van der Waals surface area contributed by atoms with Crippen LogP contribution in [0.2, 0.25) is 0 Å². The van der Waals surface area contributed by atoms with Gasteiger partial charge in [-0.3, -0.25) is 0 Å². The summed E-state index contributed by atoms with van der Waals surface area (Å²) in [5, 5.41) is 4.02. The number of allylic oxidation sites excluding steroid dienone is 1. The van der Waals surface area contributed by atoms with Crippen molar-refractivity contribution in [3.05, 3.63) is 83.4 Å². The molecule has 1 heterocycles. The maximum atomic E-state index is 13.6. The highest BCUT2D eigenvalue weighted by molar-refractivity contribution is 5.53. The lowest BCUT2D eigenvalue weighted by Crippen LogP contribution is -2.19. The van der Waals surface area contributed by atoms with Crippen molar-refractivity contribution in [2.24, 2.45) is 0 Å². The Bertz CT molecular complexity index is 875. The highest BCUT2D eigenvalue weighted by Crippen LogP contribution is 2.37. The number of nitrogens with zero attached hydrogens (tertiary/aromatic N) is 3. The van der Waals surface area contributed by atoms with Crippen LogP contribution >= 0.6 is 0 Å². The summed E-state index contributed by atoms with van der Waals surface area (Å²) in [6, 6.07) is 12.1. The molecule has 6 heteroatoms. The zero-order valence-electron chi connectivity index (χ0n) is 14.4. The molecule has 3 rings (SSSR count). The molecule has 3 nitrogen and oxygen atoms in total. The molecule has 0 radical (unpaired) electrons. The zero-order valence-corrected chi connectivity index (χ0v) is 14.4. The van der Waals surface area contributed by atoms with Gasteiger partial charge in [0.15, 0.2) is 0 Å². The van der Waals surface area contributed by atoms with Crippen LogP contribution in [0.1, 0.15) is 28.2 Å². The molecule has 134 valence electrons. The summed E-state index contributed by atoms with van der Waals surface area (Å²) >= 11 is 0. The van der Waals surface area contributed by atoms with E-state index in [1.54, 1.807) is 61.3 Å². The molecule has 0 N–H and O–H groups in total. The number of hydrogen-bond acceptors (Lipinski definition) is 2. The minimum Gasteiger partial charge on any atom is -0.223 e. The van der Waals surface area contributed by atoms with Gasteiger partial charge in [0.05, 0.1) is 11.6 Å². The van der Waals surface area contributed by atoms with E-state index in [0.29, 0.717) is 5.56 Å². The molecule has 0 aliphatic heterocycles. The fourth-order valence-electron chi connectivity index (χ4n) is 2.89. The molecule has 0 saturated heterocycles. The maximum absolute atomic E-state index is 13.6. The van der Waals surface area contributed by atoms with Gasteiger partial charge in [0.1, 0.15) is 12.7 Å². The molecule has 0 aliphatic carbocycles. The smallest absolute Gasteiger partial charge is 0.223 e. The molecule has 0 fully saturated rings. The quantitative estimate of drug-likeness (QED) is 0.639. The third kappa shape index (κ3) is 4.20. The number of rotatable bonds is 4. The van der Waals surface area contributed by atoms with Crippen molar-refractivity contribution in [3.8, 4) is 5.69 Å². The predicted octanol–water partition coefficient (Wildman–Crippen LogP) is 5.24. The first-order valence-electron chi connectivity index (χ1n) is 8.11. The van der Waals surface area contributed by atoms with E-state index < -0.39 is 12.1 Å². The minimum absolute atomic E-state index is 0.255. The van der Waals surface area contributed by atoms with Gasteiger partial charge in [0.2, 0.25) is 0 Å². The van der Waals surface area contributed by atoms with Gasteiger partial charge in [0, 0.05) is 0 Å². The molecule has 26 heavy (non-hydrogen) atoms. The lowest BCUT2D eigenvalue weighted by molar-refractivity contribution is -0.139. The van der Waals surface area contributed by atoms with E-state index in [4.69, 9.17) is 0 Å². The first-order valence-corrected chi connectivity index (χ1v) is 8.11. The van der Waals surface area contributed by atoms with E-state index >= 15 is 0 Å². The molecular formula is C20H18F3N3. The molecule has 0 bridgehead atoms. The number of aromatic nitrogens is 3. The summed E-state index contributed by atoms with van der Waals surface area (Å²) in [6.07, 6.45) is 1.34. The minimum atomic E-state index is -4.35. The van der Waals surface area contributed by atoms with Gasteiger partial charge in [-0.05, 0) is 37.1 Å². The topological polar surface area (TPSA) is 30.7 Å². The van der Waals surface area contributed by atoms with Crippen LogP contribution in [0.15, 0.2) is 61.2 Å². The van der Waals surface area contributed by atoms with Gasteiger partial charge in [0.25, 0.3) is 0 Å². The Morgan fingerprint density at radius 2 is 1.65 bits per heavy atom. The first-order chi connectivity index (χ1) is 12.3. The Morgan fingerprint density at radius 3 is 2.19 bits per heavy atom. The second-order valence-corrected chi connectivity index (χ2v) is 6.23. The number of benzene rings is 2. The summed E-state index contributed by atoms with van der Waals surface area (Å²) < 4.78 is 42.2. The average molecular weight is 357 g/mol. The van der Waals surface area contributed by atoms with Crippen LogP contribution in [0.3, 0.4) is 0 Å². The zero-order chi connectivity index (χ0) is 18.7. The van der Waals surface area contributed by atoms with Crippen LogP contribution in [0.25, 0.3) is 11.8 Å². The third-order valence-electron chi connectivity index (χ3n) is 4.01. The standard InChI is InChI=1S/C20H18F3N3/c1-14-9-15(2)11-17(10-14)19(20(21,22)23)8-5-16-3-6-18(7-4-16)26-13-24-12-25-26/h3-13,19H,1-2H3/b8-5+. The molecule has 2 aromatic carbocycles. The van der Waals surface area contributed by atoms with Crippen molar-refractivity contribution >= 4 is 6.08 Å². The van der Waals surface area contributed by atoms with Crippen molar-refractivity contribution in [2.45, 2.75) is 25.9 Å².